The first-order valence-corrected chi connectivity index (χ1v) is 9.61. The van der Waals surface area contributed by atoms with E-state index in [9.17, 15) is 13.2 Å². The summed E-state index contributed by atoms with van der Waals surface area (Å²) in [5.74, 6) is 0. The van der Waals surface area contributed by atoms with E-state index in [0.29, 0.717) is 6.04 Å². The van der Waals surface area contributed by atoms with Gasteiger partial charge in [0.25, 0.3) is 0 Å². The van der Waals surface area contributed by atoms with Crippen LogP contribution in [0, 0.1) is 0 Å². The number of carbonyl (C=O) groups excluding carboxylic acids is 1. The standard InChI is InChI=1S/C16H26N4O3S/c1-12(2)20-8-7-14(11-20)19-16(21)18-10-13-5-4-6-15(9-13)24(22,23)17-3/h4-6,9,12,14,17H,7-8,10-11H2,1-3H3,(H2,18,19,21). The van der Waals surface area contributed by atoms with Gasteiger partial charge in [0.2, 0.25) is 10.0 Å². The van der Waals surface area contributed by atoms with E-state index >= 15 is 0 Å². The predicted octanol–water partition coefficient (Wildman–Crippen LogP) is 0.877. The molecule has 0 radical (unpaired) electrons. The lowest BCUT2D eigenvalue weighted by Gasteiger charge is -2.20. The van der Waals surface area contributed by atoms with Gasteiger partial charge in [-0.2, -0.15) is 0 Å². The van der Waals surface area contributed by atoms with Crippen molar-refractivity contribution in [3.63, 3.8) is 0 Å². The summed E-state index contributed by atoms with van der Waals surface area (Å²) in [5.41, 5.74) is 0.733. The Morgan fingerprint density at radius 1 is 1.38 bits per heavy atom. The molecule has 0 spiro atoms. The Labute approximate surface area is 143 Å². The van der Waals surface area contributed by atoms with E-state index in [2.05, 4.69) is 34.1 Å². The van der Waals surface area contributed by atoms with E-state index in [1.165, 1.54) is 13.1 Å². The molecule has 2 amide bonds. The Kier molecular flexibility index (Phi) is 6.20. The van der Waals surface area contributed by atoms with Crippen molar-refractivity contribution in [2.75, 3.05) is 20.1 Å². The van der Waals surface area contributed by atoms with Crippen LogP contribution in [0.3, 0.4) is 0 Å². The predicted molar refractivity (Wildman–Crippen MR) is 93.2 cm³/mol. The van der Waals surface area contributed by atoms with Gasteiger partial charge in [-0.25, -0.2) is 17.9 Å². The molecule has 0 bridgehead atoms. The van der Waals surface area contributed by atoms with Gasteiger partial charge in [-0.15, -0.1) is 0 Å². The lowest BCUT2D eigenvalue weighted by Crippen LogP contribution is -2.43. The van der Waals surface area contributed by atoms with Crippen LogP contribution in [0.5, 0.6) is 0 Å². The summed E-state index contributed by atoms with van der Waals surface area (Å²) in [6.45, 7) is 6.43. The van der Waals surface area contributed by atoms with Gasteiger partial charge < -0.3 is 10.6 Å². The average Bonchev–Trinajstić information content (AvgIpc) is 3.02. The summed E-state index contributed by atoms with van der Waals surface area (Å²) in [6, 6.07) is 6.94. The van der Waals surface area contributed by atoms with E-state index in [-0.39, 0.29) is 23.5 Å². The summed E-state index contributed by atoms with van der Waals surface area (Å²) in [4.78, 5) is 14.5. The van der Waals surface area contributed by atoms with Gasteiger partial charge in [0.15, 0.2) is 0 Å². The minimum absolute atomic E-state index is 0.156. The molecule has 1 unspecified atom stereocenters. The van der Waals surface area contributed by atoms with Gasteiger partial charge in [-0.1, -0.05) is 12.1 Å². The van der Waals surface area contributed by atoms with Crippen molar-refractivity contribution in [2.45, 2.75) is 43.8 Å². The van der Waals surface area contributed by atoms with E-state index in [4.69, 9.17) is 0 Å². The number of sulfonamides is 1. The summed E-state index contributed by atoms with van der Waals surface area (Å²) >= 11 is 0. The Hall–Kier alpha value is -1.64. The van der Waals surface area contributed by atoms with Gasteiger partial charge in [0, 0.05) is 31.7 Å². The molecule has 24 heavy (non-hydrogen) atoms. The molecule has 134 valence electrons. The van der Waals surface area contributed by atoms with Crippen LogP contribution in [0.2, 0.25) is 0 Å². The molecule has 1 aromatic rings. The van der Waals surface area contributed by atoms with Crippen LogP contribution in [0.25, 0.3) is 0 Å². The third-order valence-corrected chi connectivity index (χ3v) is 5.63. The molecule has 1 atom stereocenters. The maximum atomic E-state index is 12.0. The van der Waals surface area contributed by atoms with Crippen molar-refractivity contribution in [1.82, 2.24) is 20.3 Å². The van der Waals surface area contributed by atoms with Crippen LogP contribution in [-0.4, -0.2) is 51.6 Å². The Balaban J connectivity index is 1.85. The first-order chi connectivity index (χ1) is 11.3. The molecule has 7 nitrogen and oxygen atoms in total. The highest BCUT2D eigenvalue weighted by atomic mass is 32.2. The highest BCUT2D eigenvalue weighted by Gasteiger charge is 2.25. The Morgan fingerprint density at radius 3 is 2.75 bits per heavy atom. The van der Waals surface area contributed by atoms with Gasteiger partial charge in [0.05, 0.1) is 4.90 Å². The van der Waals surface area contributed by atoms with Gasteiger partial charge in [-0.05, 0) is 45.0 Å². The minimum atomic E-state index is -3.48. The summed E-state index contributed by atoms with van der Waals surface area (Å²) in [7, 11) is -2.11. The average molecular weight is 354 g/mol. The molecule has 1 heterocycles. The zero-order valence-corrected chi connectivity index (χ0v) is 15.2. The molecule has 1 aromatic carbocycles. The quantitative estimate of drug-likeness (QED) is 0.707. The molecule has 1 aliphatic rings. The number of urea groups is 1. The molecule has 2 rings (SSSR count). The zero-order valence-electron chi connectivity index (χ0n) is 14.4. The number of likely N-dealkylation sites (tertiary alicyclic amines) is 1. The zero-order chi connectivity index (χ0) is 17.7. The second-order valence-corrected chi connectivity index (χ2v) is 8.14. The first-order valence-electron chi connectivity index (χ1n) is 8.12. The topological polar surface area (TPSA) is 90.5 Å². The normalized spacial score (nSPS) is 18.8. The third kappa shape index (κ3) is 4.93. The Bertz CT molecular complexity index is 676. The summed E-state index contributed by atoms with van der Waals surface area (Å²) in [5, 5.41) is 5.75. The van der Waals surface area contributed by atoms with Gasteiger partial charge in [-0.3, -0.25) is 4.90 Å². The van der Waals surface area contributed by atoms with Crippen molar-refractivity contribution >= 4 is 16.1 Å². The summed E-state index contributed by atoms with van der Waals surface area (Å²) in [6.07, 6.45) is 0.946. The van der Waals surface area contributed by atoms with Crippen molar-refractivity contribution in [2.24, 2.45) is 0 Å². The van der Waals surface area contributed by atoms with Crippen LogP contribution in [0.4, 0.5) is 4.79 Å². The number of rotatable bonds is 6. The molecular formula is C16H26N4O3S. The molecule has 0 saturated carbocycles. The van der Waals surface area contributed by atoms with Crippen LogP contribution < -0.4 is 15.4 Å². The number of nitrogens with one attached hydrogen (secondary N) is 3. The first kappa shape index (κ1) is 18.7. The SMILES string of the molecule is CNS(=O)(=O)c1cccc(CNC(=O)NC2CCN(C(C)C)C2)c1. The fraction of sp³-hybridized carbons (Fsp3) is 0.562. The molecule has 0 aliphatic carbocycles. The van der Waals surface area contributed by atoms with E-state index in [1.807, 2.05) is 0 Å². The van der Waals surface area contributed by atoms with Gasteiger partial charge in [0.1, 0.15) is 0 Å². The number of hydrogen-bond acceptors (Lipinski definition) is 4. The molecule has 3 N–H and O–H groups in total. The van der Waals surface area contributed by atoms with E-state index in [1.54, 1.807) is 18.2 Å². The second-order valence-electron chi connectivity index (χ2n) is 6.26. The van der Waals surface area contributed by atoms with Crippen LogP contribution in [-0.2, 0) is 16.6 Å². The van der Waals surface area contributed by atoms with Crippen molar-refractivity contribution in [1.29, 1.82) is 0 Å². The van der Waals surface area contributed by atoms with Crippen molar-refractivity contribution in [3.05, 3.63) is 29.8 Å². The molecular weight excluding hydrogens is 328 g/mol. The van der Waals surface area contributed by atoms with Gasteiger partial charge >= 0.3 is 6.03 Å². The fourth-order valence-electron chi connectivity index (χ4n) is 2.73. The van der Waals surface area contributed by atoms with E-state index in [0.717, 1.165) is 25.1 Å². The number of benzene rings is 1. The lowest BCUT2D eigenvalue weighted by atomic mass is 10.2. The number of hydrogen-bond donors (Lipinski definition) is 3. The van der Waals surface area contributed by atoms with Crippen LogP contribution >= 0.6 is 0 Å². The molecule has 8 heteroatoms. The molecule has 0 aromatic heterocycles. The second kappa shape index (κ2) is 7.96. The largest absolute Gasteiger partial charge is 0.334 e. The maximum absolute atomic E-state index is 12.0. The highest BCUT2D eigenvalue weighted by molar-refractivity contribution is 7.89. The smallest absolute Gasteiger partial charge is 0.315 e. The van der Waals surface area contributed by atoms with Crippen molar-refractivity contribution in [3.8, 4) is 0 Å². The van der Waals surface area contributed by atoms with Crippen LogP contribution in [0.1, 0.15) is 25.8 Å². The molecule has 1 fully saturated rings. The minimum Gasteiger partial charge on any atom is -0.334 e. The molecule has 1 saturated heterocycles. The molecule has 1 aliphatic heterocycles. The monoisotopic (exact) mass is 354 g/mol. The van der Waals surface area contributed by atoms with Crippen LogP contribution in [0.15, 0.2) is 29.2 Å². The summed E-state index contributed by atoms with van der Waals surface area (Å²) < 4.78 is 25.9. The Morgan fingerprint density at radius 2 is 2.12 bits per heavy atom. The number of nitrogens with zero attached hydrogens (tertiary/aromatic N) is 1. The van der Waals surface area contributed by atoms with E-state index < -0.39 is 10.0 Å². The highest BCUT2D eigenvalue weighted by Crippen LogP contribution is 2.13. The number of carbonyl (C=O) groups is 1. The third-order valence-electron chi connectivity index (χ3n) is 4.22. The fourth-order valence-corrected chi connectivity index (χ4v) is 3.53. The lowest BCUT2D eigenvalue weighted by molar-refractivity contribution is 0.233. The van der Waals surface area contributed by atoms with Crippen molar-refractivity contribution < 1.29 is 13.2 Å². The number of amides is 2. The maximum Gasteiger partial charge on any atom is 0.315 e.